The Bertz CT molecular complexity index is 1190. The Morgan fingerprint density at radius 2 is 1.24 bits per heavy atom. The summed E-state index contributed by atoms with van der Waals surface area (Å²) < 4.78 is 27.7. The molecule has 0 radical (unpaired) electrons. The van der Waals surface area contributed by atoms with E-state index in [4.69, 9.17) is 5.21 Å². The van der Waals surface area contributed by atoms with Crippen molar-refractivity contribution >= 4 is 11.7 Å². The van der Waals surface area contributed by atoms with E-state index in [1.807, 2.05) is 0 Å². The average molecular weight is 510 g/mol. The number of hydroxylamine groups is 1. The molecule has 3 rings (SSSR count). The molecule has 37 heavy (non-hydrogen) atoms. The molecular weight excluding hydrogens is 476 g/mol. The highest BCUT2D eigenvalue weighted by molar-refractivity contribution is 5.96. The molecule has 0 spiro atoms. The van der Waals surface area contributed by atoms with Crippen LogP contribution in [0.3, 0.4) is 0 Å². The molecule has 196 valence electrons. The monoisotopic (exact) mass is 509 g/mol. The molecule has 0 saturated carbocycles. The summed E-state index contributed by atoms with van der Waals surface area (Å²) in [7, 11) is 0. The number of carbonyl (C=O) groups is 2. The lowest BCUT2D eigenvalue weighted by Crippen LogP contribution is -2.31. The van der Waals surface area contributed by atoms with Crippen LogP contribution in [0.25, 0.3) is 0 Å². The zero-order chi connectivity index (χ0) is 27.0. The first-order valence-electron chi connectivity index (χ1n) is 12.5. The number of ketones is 1. The summed E-state index contributed by atoms with van der Waals surface area (Å²) in [5, 5.41) is 20.6. The maximum absolute atomic E-state index is 13.9. The van der Waals surface area contributed by atoms with Gasteiger partial charge in [-0.2, -0.15) is 0 Å². The van der Waals surface area contributed by atoms with Crippen molar-refractivity contribution in [3.63, 3.8) is 0 Å². The van der Waals surface area contributed by atoms with E-state index in [2.05, 4.69) is 0 Å². The van der Waals surface area contributed by atoms with Crippen LogP contribution in [0, 0.1) is 25.5 Å². The molecule has 0 heterocycles. The number of Topliss-reactive ketones (excluding diaryl/α,β-unsaturated/α-hetero) is 1. The summed E-state index contributed by atoms with van der Waals surface area (Å²) in [4.78, 5) is 23.7. The third-order valence-corrected chi connectivity index (χ3v) is 6.71. The molecule has 5 nitrogen and oxygen atoms in total. The van der Waals surface area contributed by atoms with Gasteiger partial charge in [-0.3, -0.25) is 14.8 Å². The van der Waals surface area contributed by atoms with Gasteiger partial charge < -0.3 is 5.11 Å². The largest absolute Gasteiger partial charge is 0.376 e. The van der Waals surface area contributed by atoms with E-state index in [1.54, 1.807) is 43.6 Å². The first-order valence-corrected chi connectivity index (χ1v) is 12.5. The van der Waals surface area contributed by atoms with Gasteiger partial charge in [0.1, 0.15) is 17.2 Å². The number of amides is 1. The highest BCUT2D eigenvalue weighted by Crippen LogP contribution is 2.40. The van der Waals surface area contributed by atoms with Gasteiger partial charge in [0.25, 0.3) is 0 Å². The van der Waals surface area contributed by atoms with Gasteiger partial charge in [0.15, 0.2) is 5.78 Å². The summed E-state index contributed by atoms with van der Waals surface area (Å²) in [6, 6.07) is 15.0. The quantitative estimate of drug-likeness (QED) is 0.0881. The van der Waals surface area contributed by atoms with Gasteiger partial charge in [-0.15, -0.1) is 0 Å². The molecule has 0 aliphatic rings. The van der Waals surface area contributed by atoms with E-state index >= 15 is 0 Å². The zero-order valence-corrected chi connectivity index (χ0v) is 21.2. The number of aryl methyl sites for hydroxylation is 2. The fraction of sp³-hybridized carbons (Fsp3) is 0.333. The number of hydrogen-bond donors (Lipinski definition) is 3. The van der Waals surface area contributed by atoms with Crippen LogP contribution in [-0.4, -0.2) is 22.0 Å². The first-order chi connectivity index (χ1) is 17.7. The normalized spacial score (nSPS) is 11.4. The molecule has 3 aromatic rings. The van der Waals surface area contributed by atoms with E-state index in [1.165, 1.54) is 36.4 Å². The van der Waals surface area contributed by atoms with E-state index in [0.717, 1.165) is 25.7 Å². The van der Waals surface area contributed by atoms with Crippen LogP contribution in [0.2, 0.25) is 0 Å². The molecule has 0 atom stereocenters. The van der Waals surface area contributed by atoms with Crippen LogP contribution in [0.4, 0.5) is 8.78 Å². The van der Waals surface area contributed by atoms with Gasteiger partial charge in [0.2, 0.25) is 5.91 Å². The lowest BCUT2D eigenvalue weighted by molar-refractivity contribution is -0.129. The Kier molecular flexibility index (Phi) is 9.66. The summed E-state index contributed by atoms with van der Waals surface area (Å²) in [5.41, 5.74) is 2.98. The average Bonchev–Trinajstić information content (AvgIpc) is 2.87. The number of hydrogen-bond acceptors (Lipinski definition) is 4. The van der Waals surface area contributed by atoms with E-state index in [0.29, 0.717) is 46.2 Å². The van der Waals surface area contributed by atoms with Gasteiger partial charge in [0, 0.05) is 18.4 Å². The van der Waals surface area contributed by atoms with Crippen molar-refractivity contribution in [1.29, 1.82) is 0 Å². The predicted octanol–water partition coefficient (Wildman–Crippen LogP) is 6.28. The second-order valence-electron chi connectivity index (χ2n) is 9.43. The van der Waals surface area contributed by atoms with E-state index < -0.39 is 23.1 Å². The molecule has 0 unspecified atom stereocenters. The van der Waals surface area contributed by atoms with Crippen molar-refractivity contribution in [2.45, 2.75) is 64.4 Å². The van der Waals surface area contributed by atoms with E-state index in [9.17, 15) is 23.5 Å². The fourth-order valence-electron chi connectivity index (χ4n) is 4.72. The second-order valence-corrected chi connectivity index (χ2v) is 9.43. The molecule has 0 bridgehead atoms. The summed E-state index contributed by atoms with van der Waals surface area (Å²) in [5.74, 6) is -1.24. The van der Waals surface area contributed by atoms with Crippen molar-refractivity contribution in [3.8, 4) is 0 Å². The molecule has 0 fully saturated rings. The van der Waals surface area contributed by atoms with Crippen LogP contribution < -0.4 is 5.48 Å². The molecule has 1 amide bonds. The molecule has 0 saturated heterocycles. The van der Waals surface area contributed by atoms with Gasteiger partial charge in [-0.1, -0.05) is 55.7 Å². The summed E-state index contributed by atoms with van der Waals surface area (Å²) in [6.45, 7) is 3.42. The van der Waals surface area contributed by atoms with Crippen molar-refractivity contribution in [1.82, 2.24) is 5.48 Å². The SMILES string of the molecule is Cc1cc(F)ccc1C(O)(c1ccc(C(=O)CCCCCCCC(=O)NO)cc1)c1ccc(F)cc1C. The standard InChI is InChI=1S/C30H33F2NO4/c1-20-18-24(31)14-16-26(20)30(36,27-17-15-25(32)19-21(27)2)23-12-10-22(11-13-23)28(34)8-6-4-3-5-7-9-29(35)33-37/h10-19,36-37H,3-9H2,1-2H3,(H,33,35). The molecule has 3 aromatic carbocycles. The zero-order valence-electron chi connectivity index (χ0n) is 21.2. The lowest BCUT2D eigenvalue weighted by atomic mass is 9.76. The minimum absolute atomic E-state index is 0.00864. The topological polar surface area (TPSA) is 86.6 Å². The molecular formula is C30H33F2NO4. The van der Waals surface area contributed by atoms with Crippen LogP contribution >= 0.6 is 0 Å². The predicted molar refractivity (Wildman–Crippen MR) is 137 cm³/mol. The van der Waals surface area contributed by atoms with Crippen LogP contribution in [-0.2, 0) is 10.4 Å². The highest BCUT2D eigenvalue weighted by Gasteiger charge is 2.36. The summed E-state index contributed by atoms with van der Waals surface area (Å²) >= 11 is 0. The van der Waals surface area contributed by atoms with Crippen LogP contribution in [0.15, 0.2) is 60.7 Å². The number of nitrogens with one attached hydrogen (secondary N) is 1. The third kappa shape index (κ3) is 6.87. The van der Waals surface area contributed by atoms with Gasteiger partial charge in [-0.25, -0.2) is 14.3 Å². The third-order valence-electron chi connectivity index (χ3n) is 6.71. The minimum Gasteiger partial charge on any atom is -0.376 e. The Morgan fingerprint density at radius 1 is 0.757 bits per heavy atom. The number of rotatable bonds is 12. The Labute approximate surface area is 216 Å². The molecule has 0 aliphatic heterocycles. The summed E-state index contributed by atoms with van der Waals surface area (Å²) in [6.07, 6.45) is 4.68. The van der Waals surface area contributed by atoms with Crippen molar-refractivity contribution < 1.29 is 28.7 Å². The smallest absolute Gasteiger partial charge is 0.243 e. The Balaban J connectivity index is 1.76. The van der Waals surface area contributed by atoms with Crippen LogP contribution in [0.5, 0.6) is 0 Å². The minimum atomic E-state index is -1.68. The van der Waals surface area contributed by atoms with Gasteiger partial charge >= 0.3 is 0 Å². The second kappa shape index (κ2) is 12.7. The number of aliphatic hydroxyl groups is 1. The first kappa shape index (κ1) is 28.2. The molecule has 0 aliphatic carbocycles. The van der Waals surface area contributed by atoms with Crippen molar-refractivity contribution in [2.75, 3.05) is 0 Å². The maximum atomic E-state index is 13.9. The Morgan fingerprint density at radius 3 is 1.73 bits per heavy atom. The number of carbonyl (C=O) groups excluding carboxylic acids is 2. The van der Waals surface area contributed by atoms with E-state index in [-0.39, 0.29) is 12.2 Å². The van der Waals surface area contributed by atoms with Gasteiger partial charge in [0.05, 0.1) is 0 Å². The van der Waals surface area contributed by atoms with Crippen molar-refractivity contribution in [3.05, 3.63) is 106 Å². The fourth-order valence-corrected chi connectivity index (χ4v) is 4.72. The molecule has 7 heteroatoms. The van der Waals surface area contributed by atoms with Crippen LogP contribution in [0.1, 0.15) is 83.1 Å². The van der Waals surface area contributed by atoms with Gasteiger partial charge in [-0.05, 0) is 78.8 Å². The number of benzene rings is 3. The maximum Gasteiger partial charge on any atom is 0.243 e. The lowest BCUT2D eigenvalue weighted by Gasteiger charge is -2.33. The highest BCUT2D eigenvalue weighted by atomic mass is 19.1. The molecule has 0 aromatic heterocycles. The number of halogens is 2. The van der Waals surface area contributed by atoms with Crippen molar-refractivity contribution in [2.24, 2.45) is 0 Å². The number of unbranched alkanes of at least 4 members (excludes halogenated alkanes) is 4. The molecule has 3 N–H and O–H groups in total. The Hall–Kier alpha value is -3.42.